The van der Waals surface area contributed by atoms with Crippen molar-refractivity contribution in [1.82, 2.24) is 46.7 Å². The predicted molar refractivity (Wildman–Crippen MR) is 227 cm³/mol. The van der Waals surface area contributed by atoms with Gasteiger partial charge in [0.05, 0.1) is 25.7 Å². The lowest BCUT2D eigenvalue weighted by atomic mass is 10.0. The zero-order valence-corrected chi connectivity index (χ0v) is 36.5. The van der Waals surface area contributed by atoms with Crippen LogP contribution in [0.15, 0.2) is 30.5 Å². The fraction of sp³-hybridized carbons (Fsp3) is 0.619. The molecule has 2 fully saturated rings. The Hall–Kier alpha value is -5.60. The Kier molecular flexibility index (Phi) is 18.2. The van der Waals surface area contributed by atoms with Crippen LogP contribution >= 0.6 is 0 Å². The van der Waals surface area contributed by atoms with Crippen LogP contribution in [0.25, 0.3) is 10.9 Å². The Morgan fingerprint density at radius 3 is 2.13 bits per heavy atom. The molecule has 1 aromatic heterocycles. The van der Waals surface area contributed by atoms with Gasteiger partial charge in [-0.05, 0) is 68.9 Å². The summed E-state index contributed by atoms with van der Waals surface area (Å²) in [7, 11) is 1.41. The third-order valence-corrected chi connectivity index (χ3v) is 11.1. The van der Waals surface area contributed by atoms with Crippen molar-refractivity contribution >= 4 is 58.2 Å². The molecule has 0 aliphatic carbocycles. The molecule has 2 saturated heterocycles. The van der Waals surface area contributed by atoms with Crippen molar-refractivity contribution in [2.75, 3.05) is 39.9 Å². The van der Waals surface area contributed by atoms with Gasteiger partial charge in [0.25, 0.3) is 0 Å². The normalized spacial score (nSPS) is 18.7. The van der Waals surface area contributed by atoms with E-state index in [1.165, 1.54) is 16.9 Å². The number of para-hydroxylation sites is 1. The minimum atomic E-state index is -1.45. The molecule has 10 N–H and O–H groups in total. The molecule has 62 heavy (non-hydrogen) atoms. The Bertz CT molecular complexity index is 1920. The summed E-state index contributed by atoms with van der Waals surface area (Å²) in [5, 5.41) is 26.3. The molecule has 0 spiro atoms. The maximum absolute atomic E-state index is 13.9. The first-order valence-electron chi connectivity index (χ1n) is 21.3. The van der Waals surface area contributed by atoms with Gasteiger partial charge in [-0.3, -0.25) is 38.4 Å². The van der Waals surface area contributed by atoms with Crippen LogP contribution in [0.5, 0.6) is 0 Å². The van der Waals surface area contributed by atoms with E-state index in [-0.39, 0.29) is 37.8 Å². The van der Waals surface area contributed by atoms with Gasteiger partial charge >= 0.3 is 0 Å². The van der Waals surface area contributed by atoms with Crippen LogP contribution in [-0.2, 0) is 49.5 Å². The fourth-order valence-electron chi connectivity index (χ4n) is 7.68. The number of hydrogen-bond donors (Lipinski definition) is 9. The fourth-order valence-corrected chi connectivity index (χ4v) is 7.68. The van der Waals surface area contributed by atoms with Gasteiger partial charge in [-0.15, -0.1) is 0 Å². The lowest BCUT2D eigenvalue weighted by Crippen LogP contribution is -2.59. The highest BCUT2D eigenvalue weighted by Crippen LogP contribution is 2.25. The molecule has 2 aliphatic heterocycles. The summed E-state index contributed by atoms with van der Waals surface area (Å²) >= 11 is 0. The molecule has 20 heteroatoms. The number of likely N-dealkylation sites (tertiary alicyclic amines) is 2. The zero-order chi connectivity index (χ0) is 45.7. The highest BCUT2D eigenvalue weighted by atomic mass is 16.5. The summed E-state index contributed by atoms with van der Waals surface area (Å²) in [4.78, 5) is 112. The number of nitrogens with zero attached hydrogens (tertiary/aromatic N) is 2. The van der Waals surface area contributed by atoms with E-state index in [2.05, 4.69) is 36.9 Å². The molecule has 342 valence electrons. The van der Waals surface area contributed by atoms with E-state index in [0.29, 0.717) is 32.2 Å². The number of aromatic nitrogens is 1. The van der Waals surface area contributed by atoms with Gasteiger partial charge in [0.15, 0.2) is 0 Å². The van der Waals surface area contributed by atoms with E-state index < -0.39 is 103 Å². The number of carbonyl (C=O) groups excluding carboxylic acids is 8. The van der Waals surface area contributed by atoms with Crippen LogP contribution in [0.1, 0.15) is 72.3 Å². The second-order valence-corrected chi connectivity index (χ2v) is 16.7. The van der Waals surface area contributed by atoms with Crippen molar-refractivity contribution in [2.45, 2.75) is 116 Å². The number of ether oxygens (including phenoxy) is 1. The van der Waals surface area contributed by atoms with Gasteiger partial charge in [-0.2, -0.15) is 0 Å². The van der Waals surface area contributed by atoms with Gasteiger partial charge in [0.1, 0.15) is 36.4 Å². The number of aliphatic hydroxyl groups is 1. The number of aromatic amines is 1. The molecule has 1 aromatic carbocycles. The smallest absolute Gasteiger partial charge is 0.246 e. The van der Waals surface area contributed by atoms with E-state index >= 15 is 0 Å². The molecular weight excluding hydrogens is 805 g/mol. The predicted octanol–water partition coefficient (Wildman–Crippen LogP) is -1.49. The first kappa shape index (κ1) is 49.1. The molecule has 2 aromatic rings. The van der Waals surface area contributed by atoms with Crippen LogP contribution in [0.4, 0.5) is 0 Å². The van der Waals surface area contributed by atoms with Crippen molar-refractivity contribution in [3.8, 4) is 0 Å². The zero-order valence-electron chi connectivity index (χ0n) is 36.5. The number of hydrogen-bond acceptors (Lipinski definition) is 11. The second kappa shape index (κ2) is 23.0. The van der Waals surface area contributed by atoms with Crippen molar-refractivity contribution in [2.24, 2.45) is 17.6 Å². The van der Waals surface area contributed by atoms with Crippen LogP contribution in [-0.4, -0.2) is 150 Å². The quantitative estimate of drug-likeness (QED) is 0.0652. The number of nitrogens with one attached hydrogen (secondary N) is 7. The Morgan fingerprint density at radius 2 is 1.47 bits per heavy atom. The average Bonchev–Trinajstić information content (AvgIpc) is 4.03. The molecule has 2 aliphatic rings. The molecule has 7 atom stereocenters. The number of benzene rings is 1. The van der Waals surface area contributed by atoms with Crippen molar-refractivity contribution in [3.05, 3.63) is 36.0 Å². The van der Waals surface area contributed by atoms with Crippen LogP contribution < -0.4 is 37.6 Å². The number of methoxy groups -OCH3 is 1. The first-order chi connectivity index (χ1) is 29.4. The van der Waals surface area contributed by atoms with Crippen LogP contribution in [0, 0.1) is 11.8 Å². The topological polar surface area (TPSA) is 286 Å². The third kappa shape index (κ3) is 13.2. The van der Waals surface area contributed by atoms with E-state index in [1.54, 1.807) is 27.0 Å². The molecule has 8 amide bonds. The number of amides is 8. The van der Waals surface area contributed by atoms with Crippen molar-refractivity contribution < 1.29 is 48.2 Å². The average molecular weight is 869 g/mol. The number of carbonyl (C=O) groups is 8. The van der Waals surface area contributed by atoms with Crippen molar-refractivity contribution in [3.63, 3.8) is 0 Å². The summed E-state index contributed by atoms with van der Waals surface area (Å²) in [6.45, 7) is 7.59. The monoisotopic (exact) mass is 868 g/mol. The number of aliphatic hydroxyl groups excluding tert-OH is 1. The highest BCUT2D eigenvalue weighted by Gasteiger charge is 2.42. The van der Waals surface area contributed by atoms with E-state index in [4.69, 9.17) is 10.5 Å². The van der Waals surface area contributed by atoms with Gasteiger partial charge in [0.2, 0.25) is 47.3 Å². The van der Waals surface area contributed by atoms with Crippen LogP contribution in [0.3, 0.4) is 0 Å². The largest absolute Gasteiger partial charge is 0.394 e. The lowest BCUT2D eigenvalue weighted by molar-refractivity contribution is -0.146. The summed E-state index contributed by atoms with van der Waals surface area (Å²) in [6.07, 6.45) is 3.37. The number of H-pyrrole nitrogens is 1. The minimum Gasteiger partial charge on any atom is -0.394 e. The van der Waals surface area contributed by atoms with Crippen LogP contribution in [0.2, 0.25) is 0 Å². The summed E-state index contributed by atoms with van der Waals surface area (Å²) < 4.78 is 5.06. The Morgan fingerprint density at radius 1 is 0.806 bits per heavy atom. The molecule has 3 heterocycles. The number of nitrogens with two attached hydrogens (primary N) is 1. The second-order valence-electron chi connectivity index (χ2n) is 16.7. The molecular formula is C42H64N10O10. The molecule has 4 rings (SSSR count). The SMILES string of the molecule is COC(C)NC(=O)[C@@H](NC(=O)C(CO)NC(=O)[C@H](CC(C)C)NC(=O)CNC(=O)[C@@H]1CCCN1C(=O)[C@H]1CCCN1C(=O)CNC(=O)[C@@H](N)Cc1c[nH]c2ccccc12)C(C)C. The standard InChI is InChI=1S/C42H64N10O10/c1-23(2)17-30(38(57)49-31(22-53)39(58)50-36(24(3)4)41(60)47-25(5)62-6)48-34(54)20-45-40(59)32-13-9-16-52(32)42(61)33-14-10-15-51(33)35(55)21-46-37(56)28(43)18-26-19-44-29-12-8-7-11-27(26)29/h7-8,11-12,19,23-25,28,30-33,36,44,53H,9-10,13-18,20-22,43H2,1-6H3,(H,45,59)(H,46,56)(H,47,60)(H,48,54)(H,49,57)(H,50,58)/t25?,28-,30-,31?,32-,33+,36-/m0/s1. The molecule has 20 nitrogen and oxygen atoms in total. The van der Waals surface area contributed by atoms with Gasteiger partial charge < -0.3 is 62.3 Å². The van der Waals surface area contributed by atoms with Gasteiger partial charge in [-0.25, -0.2) is 0 Å². The minimum absolute atomic E-state index is 0.0937. The Balaban J connectivity index is 1.28. The van der Waals surface area contributed by atoms with E-state index in [1.807, 2.05) is 38.1 Å². The molecule has 0 saturated carbocycles. The number of rotatable bonds is 21. The Labute approximate surface area is 361 Å². The first-order valence-corrected chi connectivity index (χ1v) is 21.3. The highest BCUT2D eigenvalue weighted by molar-refractivity contribution is 5.97. The van der Waals surface area contributed by atoms with E-state index in [0.717, 1.165) is 16.5 Å². The van der Waals surface area contributed by atoms with Gasteiger partial charge in [-0.1, -0.05) is 45.9 Å². The number of fused-ring (bicyclic) bond motifs is 1. The summed E-state index contributed by atoms with van der Waals surface area (Å²) in [5.74, 6) is -5.18. The molecule has 0 bridgehead atoms. The lowest BCUT2D eigenvalue weighted by Gasteiger charge is -2.31. The van der Waals surface area contributed by atoms with E-state index in [9.17, 15) is 43.5 Å². The van der Waals surface area contributed by atoms with Gasteiger partial charge in [0, 0.05) is 37.3 Å². The molecule has 0 radical (unpaired) electrons. The summed E-state index contributed by atoms with van der Waals surface area (Å²) in [6, 6.07) is 1.41. The maximum atomic E-state index is 13.9. The maximum Gasteiger partial charge on any atom is 0.246 e. The van der Waals surface area contributed by atoms with Crippen molar-refractivity contribution in [1.29, 1.82) is 0 Å². The summed E-state index contributed by atoms with van der Waals surface area (Å²) in [5.41, 5.74) is 7.98. The third-order valence-electron chi connectivity index (χ3n) is 11.1. The molecule has 2 unspecified atom stereocenters.